The van der Waals surface area contributed by atoms with E-state index in [2.05, 4.69) is 10.1 Å². The van der Waals surface area contributed by atoms with E-state index in [1.807, 2.05) is 0 Å². The third-order valence-corrected chi connectivity index (χ3v) is 2.41. The molecule has 0 saturated carbocycles. The highest BCUT2D eigenvalue weighted by Gasteiger charge is 2.19. The normalized spacial score (nSPS) is 12.7. The molecule has 1 heterocycles. The monoisotopic (exact) mass is 239 g/mol. The van der Waals surface area contributed by atoms with Crippen LogP contribution in [0.5, 0.6) is 0 Å². The maximum absolute atomic E-state index is 13.4. The van der Waals surface area contributed by atoms with E-state index in [9.17, 15) is 8.78 Å². The summed E-state index contributed by atoms with van der Waals surface area (Å²) >= 11 is 0. The Bertz CT molecular complexity index is 507. The van der Waals surface area contributed by atoms with Gasteiger partial charge in [0.2, 0.25) is 0 Å². The SMILES string of the molecule is CC(CN)c1noc(-c2c(F)cccc2F)n1. The summed E-state index contributed by atoms with van der Waals surface area (Å²) in [7, 11) is 0. The molecule has 0 fully saturated rings. The molecule has 2 N–H and O–H groups in total. The topological polar surface area (TPSA) is 64.9 Å². The van der Waals surface area contributed by atoms with Crippen LogP contribution in [0, 0.1) is 11.6 Å². The molecule has 1 aromatic carbocycles. The zero-order valence-electron chi connectivity index (χ0n) is 9.15. The van der Waals surface area contributed by atoms with Gasteiger partial charge in [-0.3, -0.25) is 0 Å². The van der Waals surface area contributed by atoms with Gasteiger partial charge in [0.1, 0.15) is 17.2 Å². The van der Waals surface area contributed by atoms with Crippen LogP contribution in [0.1, 0.15) is 18.7 Å². The van der Waals surface area contributed by atoms with Gasteiger partial charge in [0.25, 0.3) is 5.89 Å². The molecule has 1 unspecified atom stereocenters. The van der Waals surface area contributed by atoms with E-state index in [1.54, 1.807) is 6.92 Å². The molecule has 1 aromatic heterocycles. The fraction of sp³-hybridized carbons (Fsp3) is 0.273. The largest absolute Gasteiger partial charge is 0.334 e. The summed E-state index contributed by atoms with van der Waals surface area (Å²) in [4.78, 5) is 3.94. The van der Waals surface area contributed by atoms with E-state index < -0.39 is 11.6 Å². The lowest BCUT2D eigenvalue weighted by Crippen LogP contribution is -2.10. The van der Waals surface area contributed by atoms with Gasteiger partial charge in [-0.05, 0) is 12.1 Å². The Balaban J connectivity index is 2.44. The summed E-state index contributed by atoms with van der Waals surface area (Å²) in [5.74, 6) is -1.43. The number of rotatable bonds is 3. The van der Waals surface area contributed by atoms with Gasteiger partial charge in [-0.25, -0.2) is 8.78 Å². The van der Waals surface area contributed by atoms with Gasteiger partial charge in [0, 0.05) is 12.5 Å². The lowest BCUT2D eigenvalue weighted by atomic mass is 10.1. The molecular weight excluding hydrogens is 228 g/mol. The molecule has 4 nitrogen and oxygen atoms in total. The first-order valence-corrected chi connectivity index (χ1v) is 5.11. The molecule has 0 aliphatic rings. The summed E-state index contributed by atoms with van der Waals surface area (Å²) in [5.41, 5.74) is 5.13. The Morgan fingerprint density at radius 1 is 1.35 bits per heavy atom. The van der Waals surface area contributed by atoms with Gasteiger partial charge in [-0.1, -0.05) is 18.1 Å². The molecule has 1 atom stereocenters. The number of nitrogens with zero attached hydrogens (tertiary/aromatic N) is 2. The fourth-order valence-corrected chi connectivity index (χ4v) is 1.34. The molecule has 0 aliphatic heterocycles. The van der Waals surface area contributed by atoms with Crippen LogP contribution in [0.25, 0.3) is 11.5 Å². The highest BCUT2D eigenvalue weighted by Crippen LogP contribution is 2.25. The van der Waals surface area contributed by atoms with Gasteiger partial charge < -0.3 is 10.3 Å². The van der Waals surface area contributed by atoms with Gasteiger partial charge >= 0.3 is 0 Å². The number of halogens is 2. The summed E-state index contributed by atoms with van der Waals surface area (Å²) in [5, 5.41) is 3.65. The molecule has 90 valence electrons. The second-order valence-corrected chi connectivity index (χ2v) is 3.69. The number of hydrogen-bond acceptors (Lipinski definition) is 4. The van der Waals surface area contributed by atoms with Crippen molar-refractivity contribution in [1.29, 1.82) is 0 Å². The van der Waals surface area contributed by atoms with Crippen molar-refractivity contribution in [3.05, 3.63) is 35.7 Å². The molecule has 0 bridgehead atoms. The van der Waals surface area contributed by atoms with E-state index >= 15 is 0 Å². The predicted octanol–water partition coefficient (Wildman–Crippen LogP) is 2.08. The van der Waals surface area contributed by atoms with Crippen LogP contribution in [-0.4, -0.2) is 16.7 Å². The first-order valence-electron chi connectivity index (χ1n) is 5.11. The van der Waals surface area contributed by atoms with Crippen molar-refractivity contribution in [3.8, 4) is 11.5 Å². The Hall–Kier alpha value is -1.82. The van der Waals surface area contributed by atoms with Crippen LogP contribution in [0.15, 0.2) is 22.7 Å². The highest BCUT2D eigenvalue weighted by molar-refractivity contribution is 5.54. The van der Waals surface area contributed by atoms with Gasteiger partial charge in [0.15, 0.2) is 5.82 Å². The average Bonchev–Trinajstić information content (AvgIpc) is 2.77. The van der Waals surface area contributed by atoms with E-state index in [-0.39, 0.29) is 17.4 Å². The molecule has 17 heavy (non-hydrogen) atoms. The predicted molar refractivity (Wildman–Crippen MR) is 57.1 cm³/mol. The van der Waals surface area contributed by atoms with Gasteiger partial charge in [-0.15, -0.1) is 0 Å². The molecule has 2 rings (SSSR count). The van der Waals surface area contributed by atoms with Crippen LogP contribution in [0.2, 0.25) is 0 Å². The lowest BCUT2D eigenvalue weighted by Gasteiger charge is -2.00. The molecular formula is C11H11F2N3O. The first kappa shape index (κ1) is 11.7. The molecule has 0 radical (unpaired) electrons. The minimum Gasteiger partial charge on any atom is -0.334 e. The number of hydrogen-bond donors (Lipinski definition) is 1. The quantitative estimate of drug-likeness (QED) is 0.890. The Labute approximate surface area is 96.4 Å². The molecule has 0 aliphatic carbocycles. The lowest BCUT2D eigenvalue weighted by molar-refractivity contribution is 0.413. The van der Waals surface area contributed by atoms with Crippen molar-refractivity contribution in [1.82, 2.24) is 10.1 Å². The summed E-state index contributed by atoms with van der Waals surface area (Å²) in [6.45, 7) is 2.13. The maximum Gasteiger partial charge on any atom is 0.263 e. The molecule has 2 aromatic rings. The second kappa shape index (κ2) is 4.58. The minimum absolute atomic E-state index is 0.123. The number of aromatic nitrogens is 2. The van der Waals surface area contributed by atoms with E-state index in [0.29, 0.717) is 12.4 Å². The van der Waals surface area contributed by atoms with Crippen molar-refractivity contribution in [3.63, 3.8) is 0 Å². The summed E-state index contributed by atoms with van der Waals surface area (Å²) < 4.78 is 31.7. The third kappa shape index (κ3) is 2.16. The molecule has 0 amide bonds. The van der Waals surface area contributed by atoms with Crippen LogP contribution >= 0.6 is 0 Å². The summed E-state index contributed by atoms with van der Waals surface area (Å²) in [6.07, 6.45) is 0. The number of benzene rings is 1. The van der Waals surface area contributed by atoms with Crippen molar-refractivity contribution in [2.24, 2.45) is 5.73 Å². The molecule has 0 saturated heterocycles. The number of nitrogens with two attached hydrogens (primary N) is 1. The van der Waals surface area contributed by atoms with Crippen LogP contribution < -0.4 is 5.73 Å². The van der Waals surface area contributed by atoms with Crippen LogP contribution in [-0.2, 0) is 0 Å². The van der Waals surface area contributed by atoms with Crippen LogP contribution in [0.3, 0.4) is 0 Å². The zero-order chi connectivity index (χ0) is 12.4. The van der Waals surface area contributed by atoms with Gasteiger partial charge in [-0.2, -0.15) is 4.98 Å². The van der Waals surface area contributed by atoms with Crippen molar-refractivity contribution in [2.45, 2.75) is 12.8 Å². The average molecular weight is 239 g/mol. The second-order valence-electron chi connectivity index (χ2n) is 3.69. The van der Waals surface area contributed by atoms with Crippen molar-refractivity contribution < 1.29 is 13.3 Å². The van der Waals surface area contributed by atoms with Crippen LogP contribution in [0.4, 0.5) is 8.78 Å². The fourth-order valence-electron chi connectivity index (χ4n) is 1.34. The van der Waals surface area contributed by atoms with E-state index in [0.717, 1.165) is 12.1 Å². The molecule has 6 heteroatoms. The Kier molecular flexibility index (Phi) is 3.14. The standard InChI is InChI=1S/C11H11F2N3O/c1-6(5-14)10-15-11(17-16-10)9-7(12)3-2-4-8(9)13/h2-4,6H,5,14H2,1H3. The third-order valence-electron chi connectivity index (χ3n) is 2.41. The highest BCUT2D eigenvalue weighted by atomic mass is 19.1. The van der Waals surface area contributed by atoms with Crippen molar-refractivity contribution in [2.75, 3.05) is 6.54 Å². The maximum atomic E-state index is 13.4. The minimum atomic E-state index is -0.736. The van der Waals surface area contributed by atoms with E-state index in [1.165, 1.54) is 6.07 Å². The van der Waals surface area contributed by atoms with E-state index in [4.69, 9.17) is 10.3 Å². The smallest absolute Gasteiger partial charge is 0.263 e. The Morgan fingerprint density at radius 2 is 2.00 bits per heavy atom. The van der Waals surface area contributed by atoms with Gasteiger partial charge in [0.05, 0.1) is 0 Å². The molecule has 0 spiro atoms. The summed E-state index contributed by atoms with van der Waals surface area (Å²) in [6, 6.07) is 3.54. The van der Waals surface area contributed by atoms with Crippen molar-refractivity contribution >= 4 is 0 Å². The first-order chi connectivity index (χ1) is 8.13. The Morgan fingerprint density at radius 3 is 2.59 bits per heavy atom. The zero-order valence-corrected chi connectivity index (χ0v) is 9.15.